The molecular formula is C17H19N3O. The third-order valence-corrected chi connectivity index (χ3v) is 2.97. The molecule has 0 aliphatic rings. The number of aromatic nitrogens is 2. The first-order valence-electron chi connectivity index (χ1n) is 6.90. The monoisotopic (exact) mass is 281 g/mol. The Morgan fingerprint density at radius 2 is 2.10 bits per heavy atom. The van der Waals surface area contributed by atoms with Crippen molar-refractivity contribution in [3.63, 3.8) is 0 Å². The number of hydrogen-bond donors (Lipinski definition) is 1. The van der Waals surface area contributed by atoms with Gasteiger partial charge in [-0.3, -0.25) is 4.79 Å². The molecule has 0 unspecified atom stereocenters. The van der Waals surface area contributed by atoms with Crippen molar-refractivity contribution < 1.29 is 4.79 Å². The number of nitrogens with one attached hydrogen (secondary N) is 1. The Bertz CT molecular complexity index is 626. The van der Waals surface area contributed by atoms with Crippen molar-refractivity contribution >= 4 is 5.91 Å². The topological polar surface area (TPSA) is 46.9 Å². The predicted molar refractivity (Wildman–Crippen MR) is 83.6 cm³/mol. The van der Waals surface area contributed by atoms with Crippen LogP contribution in [0.4, 0.5) is 0 Å². The van der Waals surface area contributed by atoms with Gasteiger partial charge in [-0.05, 0) is 12.5 Å². The Hall–Kier alpha value is -2.62. The second kappa shape index (κ2) is 7.85. The van der Waals surface area contributed by atoms with E-state index < -0.39 is 0 Å². The summed E-state index contributed by atoms with van der Waals surface area (Å²) in [6, 6.07) is 10.2. The van der Waals surface area contributed by atoms with Gasteiger partial charge in [0.05, 0.1) is 6.54 Å². The van der Waals surface area contributed by atoms with Crippen LogP contribution in [0.15, 0.2) is 67.0 Å². The summed E-state index contributed by atoms with van der Waals surface area (Å²) in [5.74, 6) is 0.717. The zero-order chi connectivity index (χ0) is 14.9. The highest BCUT2D eigenvalue weighted by Crippen LogP contribution is 2.05. The molecular weight excluding hydrogens is 262 g/mol. The lowest BCUT2D eigenvalue weighted by Crippen LogP contribution is -2.22. The highest BCUT2D eigenvalue weighted by molar-refractivity contribution is 5.87. The summed E-state index contributed by atoms with van der Waals surface area (Å²) in [7, 11) is 0. The van der Waals surface area contributed by atoms with E-state index in [2.05, 4.69) is 22.4 Å². The molecule has 1 aromatic carbocycles. The number of imidazole rings is 1. The molecule has 0 bridgehead atoms. The van der Waals surface area contributed by atoms with Gasteiger partial charge in [0.2, 0.25) is 5.91 Å². The summed E-state index contributed by atoms with van der Waals surface area (Å²) in [6.45, 7) is 3.07. The van der Waals surface area contributed by atoms with Gasteiger partial charge < -0.3 is 9.88 Å². The maximum atomic E-state index is 11.6. The van der Waals surface area contributed by atoms with E-state index in [4.69, 9.17) is 0 Å². The second-order valence-corrected chi connectivity index (χ2v) is 4.56. The minimum absolute atomic E-state index is 0.123. The number of nitrogens with zero attached hydrogens (tertiary/aromatic N) is 2. The van der Waals surface area contributed by atoms with Crippen LogP contribution in [0.2, 0.25) is 0 Å². The molecule has 2 rings (SSSR count). The lowest BCUT2D eigenvalue weighted by atomic mass is 10.2. The van der Waals surface area contributed by atoms with Gasteiger partial charge in [-0.25, -0.2) is 4.98 Å². The zero-order valence-corrected chi connectivity index (χ0v) is 12.1. The molecule has 0 radical (unpaired) electrons. The molecule has 1 N–H and O–H groups in total. The lowest BCUT2D eigenvalue weighted by molar-refractivity contribution is -0.116. The van der Waals surface area contributed by atoms with Crippen LogP contribution in [-0.4, -0.2) is 15.5 Å². The normalized spacial score (nSPS) is 11.3. The van der Waals surface area contributed by atoms with Gasteiger partial charge in [0, 0.05) is 25.0 Å². The van der Waals surface area contributed by atoms with E-state index >= 15 is 0 Å². The number of carbonyl (C=O) groups is 1. The minimum atomic E-state index is -0.123. The molecule has 4 heteroatoms. The molecule has 1 amide bonds. The molecule has 0 fully saturated rings. The number of hydrogen-bond acceptors (Lipinski definition) is 2. The molecule has 0 saturated carbocycles. The van der Waals surface area contributed by atoms with E-state index in [1.54, 1.807) is 12.3 Å². The van der Waals surface area contributed by atoms with Gasteiger partial charge in [0.25, 0.3) is 0 Å². The lowest BCUT2D eigenvalue weighted by Gasteiger charge is -2.08. The number of amides is 1. The maximum Gasteiger partial charge on any atom is 0.244 e. The molecule has 2 aromatic rings. The maximum absolute atomic E-state index is 11.6. The SMILES string of the molecule is C/C=C/C=C\C(=O)NCc1nccn1Cc1ccccc1. The summed E-state index contributed by atoms with van der Waals surface area (Å²) in [4.78, 5) is 15.9. The Morgan fingerprint density at radius 1 is 1.29 bits per heavy atom. The quantitative estimate of drug-likeness (QED) is 0.653. The predicted octanol–water partition coefficient (Wildman–Crippen LogP) is 2.68. The molecule has 1 aromatic heterocycles. The van der Waals surface area contributed by atoms with Crippen molar-refractivity contribution in [2.45, 2.75) is 20.0 Å². The third kappa shape index (κ3) is 4.76. The summed E-state index contributed by atoms with van der Waals surface area (Å²) in [6.07, 6.45) is 10.6. The molecule has 0 saturated heterocycles. The molecule has 0 atom stereocenters. The molecule has 0 aliphatic carbocycles. The molecule has 0 spiro atoms. The van der Waals surface area contributed by atoms with Crippen LogP contribution in [0.5, 0.6) is 0 Å². The second-order valence-electron chi connectivity index (χ2n) is 4.56. The molecule has 108 valence electrons. The van der Waals surface area contributed by atoms with Crippen LogP contribution in [0, 0.1) is 0 Å². The Kier molecular flexibility index (Phi) is 5.52. The average molecular weight is 281 g/mol. The third-order valence-electron chi connectivity index (χ3n) is 2.97. The fourth-order valence-electron chi connectivity index (χ4n) is 1.91. The smallest absolute Gasteiger partial charge is 0.244 e. The van der Waals surface area contributed by atoms with Crippen LogP contribution in [-0.2, 0) is 17.9 Å². The number of allylic oxidation sites excluding steroid dienone is 3. The summed E-state index contributed by atoms with van der Waals surface area (Å²) < 4.78 is 2.03. The van der Waals surface area contributed by atoms with E-state index in [1.165, 1.54) is 11.6 Å². The summed E-state index contributed by atoms with van der Waals surface area (Å²) in [5, 5.41) is 2.83. The van der Waals surface area contributed by atoms with Crippen LogP contribution in [0.1, 0.15) is 18.3 Å². The summed E-state index contributed by atoms with van der Waals surface area (Å²) >= 11 is 0. The fourth-order valence-corrected chi connectivity index (χ4v) is 1.91. The molecule has 21 heavy (non-hydrogen) atoms. The largest absolute Gasteiger partial charge is 0.345 e. The molecule has 4 nitrogen and oxygen atoms in total. The van der Waals surface area contributed by atoms with Crippen molar-refractivity contribution in [1.29, 1.82) is 0 Å². The average Bonchev–Trinajstić information content (AvgIpc) is 2.94. The van der Waals surface area contributed by atoms with Gasteiger partial charge in [-0.15, -0.1) is 0 Å². The van der Waals surface area contributed by atoms with Crippen LogP contribution >= 0.6 is 0 Å². The fraction of sp³-hybridized carbons (Fsp3) is 0.176. The first kappa shape index (κ1) is 14.8. The zero-order valence-electron chi connectivity index (χ0n) is 12.1. The highest BCUT2D eigenvalue weighted by atomic mass is 16.1. The van der Waals surface area contributed by atoms with Gasteiger partial charge in [-0.1, -0.05) is 48.6 Å². The van der Waals surface area contributed by atoms with Crippen LogP contribution < -0.4 is 5.32 Å². The van der Waals surface area contributed by atoms with Gasteiger partial charge >= 0.3 is 0 Å². The van der Waals surface area contributed by atoms with Gasteiger partial charge in [-0.2, -0.15) is 0 Å². The number of benzene rings is 1. The Morgan fingerprint density at radius 3 is 2.86 bits per heavy atom. The van der Waals surface area contributed by atoms with E-state index in [-0.39, 0.29) is 5.91 Å². The van der Waals surface area contributed by atoms with E-state index in [1.807, 2.05) is 48.0 Å². The van der Waals surface area contributed by atoms with Crippen molar-refractivity contribution in [2.24, 2.45) is 0 Å². The van der Waals surface area contributed by atoms with Gasteiger partial charge in [0.1, 0.15) is 5.82 Å². The number of rotatable bonds is 6. The van der Waals surface area contributed by atoms with Crippen molar-refractivity contribution in [1.82, 2.24) is 14.9 Å². The van der Waals surface area contributed by atoms with Gasteiger partial charge in [0.15, 0.2) is 0 Å². The van der Waals surface area contributed by atoms with E-state index in [0.717, 1.165) is 12.4 Å². The van der Waals surface area contributed by atoms with E-state index in [0.29, 0.717) is 6.54 Å². The van der Waals surface area contributed by atoms with Crippen molar-refractivity contribution in [3.8, 4) is 0 Å². The first-order chi connectivity index (χ1) is 10.3. The van der Waals surface area contributed by atoms with E-state index in [9.17, 15) is 4.79 Å². The Labute approximate surface area is 124 Å². The Balaban J connectivity index is 1.93. The van der Waals surface area contributed by atoms with Crippen molar-refractivity contribution in [3.05, 3.63) is 78.4 Å². The number of carbonyl (C=O) groups excluding carboxylic acids is 1. The summed E-state index contributed by atoms with van der Waals surface area (Å²) in [5.41, 5.74) is 1.20. The first-order valence-corrected chi connectivity index (χ1v) is 6.90. The van der Waals surface area contributed by atoms with Crippen LogP contribution in [0.25, 0.3) is 0 Å². The van der Waals surface area contributed by atoms with Crippen molar-refractivity contribution in [2.75, 3.05) is 0 Å². The minimum Gasteiger partial charge on any atom is -0.345 e. The molecule has 0 aliphatic heterocycles. The highest BCUT2D eigenvalue weighted by Gasteiger charge is 2.04. The standard InChI is InChI=1S/C17H19N3O/c1-2-3-5-10-17(21)19-13-16-18-11-12-20(16)14-15-8-6-4-7-9-15/h2-12H,13-14H2,1H3,(H,19,21)/b3-2+,10-5-. The van der Waals surface area contributed by atoms with Crippen LogP contribution in [0.3, 0.4) is 0 Å². The molecule has 1 heterocycles.